The summed E-state index contributed by atoms with van der Waals surface area (Å²) >= 11 is 0. The second-order valence-electron chi connectivity index (χ2n) is 6.50. The van der Waals surface area contributed by atoms with Crippen LogP contribution in [0.1, 0.15) is 32.4 Å². The number of halogens is 3. The number of ether oxygens (including phenoxy) is 1. The molecule has 1 aromatic rings. The zero-order chi connectivity index (χ0) is 18.4. The predicted octanol–water partition coefficient (Wildman–Crippen LogP) is 2.92. The minimum atomic E-state index is -0.579. The van der Waals surface area contributed by atoms with E-state index in [-0.39, 0.29) is 30.0 Å². The van der Waals surface area contributed by atoms with Crippen molar-refractivity contribution in [2.24, 2.45) is 4.99 Å². The van der Waals surface area contributed by atoms with E-state index in [1.165, 1.54) is 12.1 Å². The van der Waals surface area contributed by atoms with Gasteiger partial charge in [-0.1, -0.05) is 6.07 Å². The van der Waals surface area contributed by atoms with Crippen molar-refractivity contribution in [3.8, 4) is 0 Å². The molecule has 1 aliphatic heterocycles. The zero-order valence-corrected chi connectivity index (χ0v) is 18.1. The molecule has 1 aliphatic rings. The molecule has 3 unspecified atom stereocenters. The van der Waals surface area contributed by atoms with E-state index in [9.17, 15) is 8.78 Å². The number of benzene rings is 1. The monoisotopic (exact) mass is 482 g/mol. The second-order valence-corrected chi connectivity index (χ2v) is 6.50. The van der Waals surface area contributed by atoms with E-state index in [0.717, 1.165) is 25.8 Å². The van der Waals surface area contributed by atoms with Gasteiger partial charge in [-0.15, -0.1) is 24.0 Å². The molecule has 0 radical (unpaired) electrons. The van der Waals surface area contributed by atoms with E-state index < -0.39 is 11.6 Å². The Morgan fingerprint density at radius 3 is 2.73 bits per heavy atom. The van der Waals surface area contributed by atoms with Crippen LogP contribution >= 0.6 is 24.0 Å². The van der Waals surface area contributed by atoms with Gasteiger partial charge in [0.2, 0.25) is 0 Å². The zero-order valence-electron chi connectivity index (χ0n) is 15.8. The number of morpholine rings is 1. The van der Waals surface area contributed by atoms with Crippen molar-refractivity contribution in [2.75, 3.05) is 33.4 Å². The Hall–Kier alpha value is -1.00. The van der Waals surface area contributed by atoms with Crippen molar-refractivity contribution >= 4 is 29.9 Å². The highest BCUT2D eigenvalue weighted by molar-refractivity contribution is 14.0. The average molecular weight is 482 g/mol. The molecule has 1 aromatic carbocycles. The number of hydrogen-bond donors (Lipinski definition) is 2. The van der Waals surface area contributed by atoms with Gasteiger partial charge in [0.1, 0.15) is 11.6 Å². The number of guanidine groups is 1. The molecular formula is C18H29F2IN4O. The summed E-state index contributed by atoms with van der Waals surface area (Å²) < 4.78 is 32.4. The normalized spacial score (nSPS) is 20.8. The van der Waals surface area contributed by atoms with Crippen LogP contribution in [0.4, 0.5) is 8.78 Å². The van der Waals surface area contributed by atoms with Gasteiger partial charge in [0, 0.05) is 43.9 Å². The summed E-state index contributed by atoms with van der Waals surface area (Å²) in [6.07, 6.45) is 0. The molecule has 0 bridgehead atoms. The first-order valence-corrected chi connectivity index (χ1v) is 8.68. The Morgan fingerprint density at radius 1 is 1.38 bits per heavy atom. The molecule has 5 nitrogen and oxygen atoms in total. The fraction of sp³-hybridized carbons (Fsp3) is 0.611. The van der Waals surface area contributed by atoms with Crippen LogP contribution in [-0.4, -0.2) is 56.3 Å². The third-order valence-electron chi connectivity index (χ3n) is 4.56. The first-order chi connectivity index (χ1) is 11.9. The van der Waals surface area contributed by atoms with E-state index in [0.29, 0.717) is 30.2 Å². The van der Waals surface area contributed by atoms with Crippen LogP contribution in [0, 0.1) is 11.6 Å². The van der Waals surface area contributed by atoms with Gasteiger partial charge in [-0.2, -0.15) is 0 Å². The molecule has 0 aliphatic carbocycles. The lowest BCUT2D eigenvalue weighted by Crippen LogP contribution is -2.53. The summed E-state index contributed by atoms with van der Waals surface area (Å²) in [7, 11) is 1.67. The Labute approximate surface area is 171 Å². The Balaban J connectivity index is 0.00000338. The highest BCUT2D eigenvalue weighted by Gasteiger charge is 2.23. The SMILES string of the molecule is CN=C(NCC(C)N1CCOCC1C)NC(C)c1ccc(F)cc1F.I. The van der Waals surface area contributed by atoms with Gasteiger partial charge in [0.15, 0.2) is 5.96 Å². The van der Waals surface area contributed by atoms with Crippen molar-refractivity contribution < 1.29 is 13.5 Å². The summed E-state index contributed by atoms with van der Waals surface area (Å²) in [6.45, 7) is 9.25. The van der Waals surface area contributed by atoms with Crippen molar-refractivity contribution in [1.29, 1.82) is 0 Å². The minimum Gasteiger partial charge on any atom is -0.379 e. The molecule has 0 spiro atoms. The maximum atomic E-state index is 13.9. The third kappa shape index (κ3) is 6.31. The van der Waals surface area contributed by atoms with E-state index in [4.69, 9.17) is 4.74 Å². The molecule has 2 N–H and O–H groups in total. The molecule has 148 valence electrons. The van der Waals surface area contributed by atoms with Crippen molar-refractivity contribution in [3.05, 3.63) is 35.4 Å². The Kier molecular flexibility index (Phi) is 9.73. The highest BCUT2D eigenvalue weighted by atomic mass is 127. The summed E-state index contributed by atoms with van der Waals surface area (Å²) in [6, 6.07) is 3.97. The molecule has 0 amide bonds. The van der Waals surface area contributed by atoms with Crippen LogP contribution in [0.25, 0.3) is 0 Å². The van der Waals surface area contributed by atoms with Crippen molar-refractivity contribution in [3.63, 3.8) is 0 Å². The molecule has 2 rings (SSSR count). The lowest BCUT2D eigenvalue weighted by Gasteiger charge is -2.38. The Bertz CT molecular complexity index is 603. The molecule has 3 atom stereocenters. The van der Waals surface area contributed by atoms with Gasteiger partial charge in [0.05, 0.1) is 19.3 Å². The Morgan fingerprint density at radius 2 is 2.12 bits per heavy atom. The van der Waals surface area contributed by atoms with Crippen LogP contribution in [0.2, 0.25) is 0 Å². The lowest BCUT2D eigenvalue weighted by atomic mass is 10.1. The minimum absolute atomic E-state index is 0. The van der Waals surface area contributed by atoms with Crippen LogP contribution in [0.15, 0.2) is 23.2 Å². The van der Waals surface area contributed by atoms with Crippen molar-refractivity contribution in [1.82, 2.24) is 15.5 Å². The maximum absolute atomic E-state index is 13.9. The molecule has 8 heteroatoms. The molecule has 0 aromatic heterocycles. The summed E-state index contributed by atoms with van der Waals surface area (Å²) in [5, 5.41) is 6.42. The van der Waals surface area contributed by atoms with Crippen LogP contribution in [0.3, 0.4) is 0 Å². The smallest absolute Gasteiger partial charge is 0.191 e. The summed E-state index contributed by atoms with van der Waals surface area (Å²) in [5.41, 5.74) is 0.402. The van der Waals surface area contributed by atoms with E-state index in [2.05, 4.69) is 34.4 Å². The van der Waals surface area contributed by atoms with E-state index in [1.807, 2.05) is 6.92 Å². The average Bonchev–Trinajstić information content (AvgIpc) is 2.58. The third-order valence-corrected chi connectivity index (χ3v) is 4.56. The molecule has 26 heavy (non-hydrogen) atoms. The fourth-order valence-corrected chi connectivity index (χ4v) is 3.09. The molecular weight excluding hydrogens is 453 g/mol. The standard InChI is InChI=1S/C18H28F2N4O.HI/c1-12(24-7-8-25-11-13(24)2)10-22-18(21-4)23-14(3)16-6-5-15(19)9-17(16)20;/h5-6,9,12-14H,7-8,10-11H2,1-4H3,(H2,21,22,23);1H. The van der Waals surface area contributed by atoms with Gasteiger partial charge in [-0.25, -0.2) is 8.78 Å². The topological polar surface area (TPSA) is 48.9 Å². The summed E-state index contributed by atoms with van der Waals surface area (Å²) in [5.74, 6) is -0.556. The molecule has 0 saturated carbocycles. The van der Waals surface area contributed by atoms with Crippen LogP contribution < -0.4 is 10.6 Å². The first kappa shape index (κ1) is 23.0. The maximum Gasteiger partial charge on any atom is 0.191 e. The van der Waals surface area contributed by atoms with Crippen LogP contribution in [0.5, 0.6) is 0 Å². The van der Waals surface area contributed by atoms with Gasteiger partial charge in [0.25, 0.3) is 0 Å². The van der Waals surface area contributed by atoms with E-state index in [1.54, 1.807) is 7.05 Å². The van der Waals surface area contributed by atoms with Gasteiger partial charge in [-0.3, -0.25) is 9.89 Å². The quantitative estimate of drug-likeness (QED) is 0.385. The molecule has 1 heterocycles. The number of nitrogens with one attached hydrogen (secondary N) is 2. The number of aliphatic imine (C=N–C) groups is 1. The molecule has 1 saturated heterocycles. The van der Waals surface area contributed by atoms with Crippen LogP contribution in [-0.2, 0) is 4.74 Å². The summed E-state index contributed by atoms with van der Waals surface area (Å²) in [4.78, 5) is 6.59. The fourth-order valence-electron chi connectivity index (χ4n) is 3.09. The first-order valence-electron chi connectivity index (χ1n) is 8.68. The largest absolute Gasteiger partial charge is 0.379 e. The van der Waals surface area contributed by atoms with E-state index >= 15 is 0 Å². The second kappa shape index (κ2) is 11.0. The molecule has 1 fully saturated rings. The van der Waals surface area contributed by atoms with Gasteiger partial charge >= 0.3 is 0 Å². The number of nitrogens with zero attached hydrogens (tertiary/aromatic N) is 2. The predicted molar refractivity (Wildman–Crippen MR) is 111 cm³/mol. The number of rotatable bonds is 5. The van der Waals surface area contributed by atoms with Gasteiger partial charge < -0.3 is 15.4 Å². The number of hydrogen-bond acceptors (Lipinski definition) is 3. The van der Waals surface area contributed by atoms with Crippen molar-refractivity contribution in [2.45, 2.75) is 38.9 Å². The van der Waals surface area contributed by atoms with Gasteiger partial charge in [-0.05, 0) is 26.8 Å². The highest BCUT2D eigenvalue weighted by Crippen LogP contribution is 2.17. The lowest BCUT2D eigenvalue weighted by molar-refractivity contribution is -0.0174.